The Bertz CT molecular complexity index is 742. The standard InChI is InChI=1S/C17H18IN3O/c1-20(13-14-7-3-2-4-8-14)11-12-22-17-16(18)15-9-5-6-10-21(15)19-17/h2-10H,11-13H2,1H3. The fraction of sp³-hybridized carbons (Fsp3) is 0.235. The van der Waals surface area contributed by atoms with Crippen molar-refractivity contribution in [2.45, 2.75) is 6.54 Å². The summed E-state index contributed by atoms with van der Waals surface area (Å²) in [7, 11) is 2.10. The molecule has 0 saturated heterocycles. The first-order valence-corrected chi connectivity index (χ1v) is 8.30. The van der Waals surface area contributed by atoms with E-state index in [0.717, 1.165) is 22.2 Å². The van der Waals surface area contributed by atoms with Crippen LogP contribution in [0.2, 0.25) is 0 Å². The zero-order valence-corrected chi connectivity index (χ0v) is 14.6. The molecule has 0 amide bonds. The van der Waals surface area contributed by atoms with Gasteiger partial charge in [0.05, 0.1) is 5.52 Å². The summed E-state index contributed by atoms with van der Waals surface area (Å²) >= 11 is 2.29. The summed E-state index contributed by atoms with van der Waals surface area (Å²) in [5.74, 6) is 0.708. The first-order valence-electron chi connectivity index (χ1n) is 7.22. The molecule has 0 fully saturated rings. The largest absolute Gasteiger partial charge is 0.474 e. The van der Waals surface area contributed by atoms with E-state index in [-0.39, 0.29) is 0 Å². The zero-order chi connectivity index (χ0) is 15.4. The first kappa shape index (κ1) is 15.3. The first-order chi connectivity index (χ1) is 10.7. The molecule has 0 radical (unpaired) electrons. The van der Waals surface area contributed by atoms with Crippen molar-refractivity contribution in [3.63, 3.8) is 0 Å². The lowest BCUT2D eigenvalue weighted by molar-refractivity contribution is 0.226. The van der Waals surface area contributed by atoms with Gasteiger partial charge < -0.3 is 4.74 Å². The highest BCUT2D eigenvalue weighted by Gasteiger charge is 2.11. The minimum Gasteiger partial charge on any atom is -0.474 e. The average Bonchev–Trinajstić information content (AvgIpc) is 2.85. The van der Waals surface area contributed by atoms with Crippen molar-refractivity contribution in [2.75, 3.05) is 20.2 Å². The minimum atomic E-state index is 0.628. The van der Waals surface area contributed by atoms with Crippen LogP contribution in [0.1, 0.15) is 5.56 Å². The van der Waals surface area contributed by atoms with Crippen LogP contribution < -0.4 is 4.74 Å². The Morgan fingerprint density at radius 2 is 1.91 bits per heavy atom. The van der Waals surface area contributed by atoms with E-state index in [9.17, 15) is 0 Å². The Morgan fingerprint density at radius 3 is 2.68 bits per heavy atom. The predicted octanol–water partition coefficient (Wildman–Crippen LogP) is 3.45. The molecule has 2 aromatic heterocycles. The molecular formula is C17H18IN3O. The molecule has 1 aromatic carbocycles. The molecular weight excluding hydrogens is 389 g/mol. The van der Waals surface area contributed by atoms with Gasteiger partial charge in [-0.25, -0.2) is 4.52 Å². The number of pyridine rings is 1. The van der Waals surface area contributed by atoms with Crippen LogP contribution in [0.3, 0.4) is 0 Å². The molecule has 0 aliphatic carbocycles. The van der Waals surface area contributed by atoms with E-state index in [0.29, 0.717) is 12.5 Å². The molecule has 0 atom stereocenters. The third kappa shape index (κ3) is 3.59. The van der Waals surface area contributed by atoms with Gasteiger partial charge in [0, 0.05) is 19.3 Å². The van der Waals surface area contributed by atoms with Crippen LogP contribution in [-0.2, 0) is 6.54 Å². The van der Waals surface area contributed by atoms with E-state index >= 15 is 0 Å². The Balaban J connectivity index is 1.55. The molecule has 2 heterocycles. The summed E-state index contributed by atoms with van der Waals surface area (Å²) in [5, 5.41) is 4.46. The summed E-state index contributed by atoms with van der Waals surface area (Å²) in [6, 6.07) is 16.5. The maximum atomic E-state index is 5.85. The molecule has 0 unspecified atom stereocenters. The van der Waals surface area contributed by atoms with Crippen LogP contribution in [-0.4, -0.2) is 34.7 Å². The van der Waals surface area contributed by atoms with Crippen LogP contribution in [0.4, 0.5) is 0 Å². The highest BCUT2D eigenvalue weighted by Crippen LogP contribution is 2.23. The molecule has 0 spiro atoms. The van der Waals surface area contributed by atoms with Crippen molar-refractivity contribution in [2.24, 2.45) is 0 Å². The molecule has 0 saturated carbocycles. The maximum Gasteiger partial charge on any atom is 0.247 e. The van der Waals surface area contributed by atoms with Crippen LogP contribution in [0.25, 0.3) is 5.52 Å². The molecule has 0 N–H and O–H groups in total. The van der Waals surface area contributed by atoms with Crippen molar-refractivity contribution >= 4 is 28.1 Å². The number of hydrogen-bond acceptors (Lipinski definition) is 3. The third-order valence-electron chi connectivity index (χ3n) is 3.46. The number of benzene rings is 1. The van der Waals surface area contributed by atoms with Crippen LogP contribution >= 0.6 is 22.6 Å². The van der Waals surface area contributed by atoms with E-state index in [1.54, 1.807) is 0 Å². The van der Waals surface area contributed by atoms with Gasteiger partial charge in [0.2, 0.25) is 5.88 Å². The number of halogens is 1. The quantitative estimate of drug-likeness (QED) is 0.587. The Morgan fingerprint density at radius 1 is 1.14 bits per heavy atom. The summed E-state index contributed by atoms with van der Waals surface area (Å²) < 4.78 is 8.76. The smallest absolute Gasteiger partial charge is 0.247 e. The molecule has 0 aliphatic heterocycles. The lowest BCUT2D eigenvalue weighted by Gasteiger charge is -2.16. The van der Waals surface area contributed by atoms with E-state index in [2.05, 4.69) is 63.9 Å². The highest BCUT2D eigenvalue weighted by molar-refractivity contribution is 14.1. The number of fused-ring (bicyclic) bond motifs is 1. The number of aromatic nitrogens is 2. The second kappa shape index (κ2) is 7.11. The Labute approximate surface area is 143 Å². The maximum absolute atomic E-state index is 5.85. The summed E-state index contributed by atoms with van der Waals surface area (Å²) in [4.78, 5) is 2.25. The molecule has 3 aromatic rings. The third-order valence-corrected chi connectivity index (χ3v) is 4.47. The fourth-order valence-electron chi connectivity index (χ4n) is 2.31. The molecule has 5 heteroatoms. The van der Waals surface area contributed by atoms with E-state index in [1.165, 1.54) is 5.56 Å². The summed E-state index contributed by atoms with van der Waals surface area (Å²) in [6.45, 7) is 2.41. The minimum absolute atomic E-state index is 0.628. The molecule has 3 rings (SSSR count). The van der Waals surface area contributed by atoms with Crippen molar-refractivity contribution in [1.82, 2.24) is 14.5 Å². The number of likely N-dealkylation sites (N-methyl/N-ethyl adjacent to an activating group) is 1. The van der Waals surface area contributed by atoms with Gasteiger partial charge in [-0.05, 0) is 47.3 Å². The Kier molecular flexibility index (Phi) is 4.94. The molecule has 114 valence electrons. The summed E-state index contributed by atoms with van der Waals surface area (Å²) in [6.07, 6.45) is 1.94. The second-order valence-corrected chi connectivity index (χ2v) is 6.30. The number of hydrogen-bond donors (Lipinski definition) is 0. The SMILES string of the molecule is CN(CCOc1nn2ccccc2c1I)Cc1ccccc1. The van der Waals surface area contributed by atoms with Crippen molar-refractivity contribution < 1.29 is 4.74 Å². The van der Waals surface area contributed by atoms with Gasteiger partial charge in [0.1, 0.15) is 10.2 Å². The molecule has 22 heavy (non-hydrogen) atoms. The van der Waals surface area contributed by atoms with Crippen molar-refractivity contribution in [1.29, 1.82) is 0 Å². The topological polar surface area (TPSA) is 29.8 Å². The van der Waals surface area contributed by atoms with E-state index < -0.39 is 0 Å². The number of nitrogens with zero attached hydrogens (tertiary/aromatic N) is 3. The van der Waals surface area contributed by atoms with E-state index in [1.807, 2.05) is 35.0 Å². The van der Waals surface area contributed by atoms with Gasteiger partial charge in [0.25, 0.3) is 0 Å². The Hall–Kier alpha value is -1.60. The lowest BCUT2D eigenvalue weighted by Crippen LogP contribution is -2.24. The normalized spacial score (nSPS) is 11.2. The van der Waals surface area contributed by atoms with Gasteiger partial charge >= 0.3 is 0 Å². The van der Waals surface area contributed by atoms with Crippen LogP contribution in [0, 0.1) is 3.57 Å². The van der Waals surface area contributed by atoms with Gasteiger partial charge in [-0.3, -0.25) is 4.90 Å². The summed E-state index contributed by atoms with van der Waals surface area (Å²) in [5.41, 5.74) is 2.39. The predicted molar refractivity (Wildman–Crippen MR) is 96.2 cm³/mol. The van der Waals surface area contributed by atoms with Crippen molar-refractivity contribution in [3.05, 3.63) is 63.9 Å². The monoisotopic (exact) mass is 407 g/mol. The number of ether oxygens (including phenoxy) is 1. The van der Waals surface area contributed by atoms with Gasteiger partial charge in [0.15, 0.2) is 0 Å². The number of rotatable bonds is 6. The second-order valence-electron chi connectivity index (χ2n) is 5.22. The van der Waals surface area contributed by atoms with Gasteiger partial charge in [-0.2, -0.15) is 0 Å². The van der Waals surface area contributed by atoms with Gasteiger partial charge in [-0.15, -0.1) is 5.10 Å². The fourth-order valence-corrected chi connectivity index (χ4v) is 3.00. The zero-order valence-electron chi connectivity index (χ0n) is 12.4. The highest BCUT2D eigenvalue weighted by atomic mass is 127. The molecule has 4 nitrogen and oxygen atoms in total. The van der Waals surface area contributed by atoms with Crippen LogP contribution in [0.5, 0.6) is 5.88 Å². The molecule has 0 bridgehead atoms. The molecule has 0 aliphatic rings. The lowest BCUT2D eigenvalue weighted by atomic mass is 10.2. The average molecular weight is 407 g/mol. The van der Waals surface area contributed by atoms with Crippen LogP contribution in [0.15, 0.2) is 54.7 Å². The van der Waals surface area contributed by atoms with Crippen molar-refractivity contribution in [3.8, 4) is 5.88 Å². The van der Waals surface area contributed by atoms with E-state index in [4.69, 9.17) is 4.74 Å². The van der Waals surface area contributed by atoms with Gasteiger partial charge in [-0.1, -0.05) is 36.4 Å².